The van der Waals surface area contributed by atoms with Crippen molar-refractivity contribution in [1.82, 2.24) is 5.32 Å². The predicted octanol–water partition coefficient (Wildman–Crippen LogP) is 1.15. The summed E-state index contributed by atoms with van der Waals surface area (Å²) in [5, 5.41) is 8.17. The Morgan fingerprint density at radius 2 is 2.28 bits per heavy atom. The fraction of sp³-hybridized carbons (Fsp3) is 0.455. The van der Waals surface area contributed by atoms with Gasteiger partial charge in [0.2, 0.25) is 10.0 Å². The molecule has 1 unspecified atom stereocenters. The Kier molecular flexibility index (Phi) is 4.26. The number of sulfonamides is 1. The molecule has 1 aliphatic heterocycles. The van der Waals surface area contributed by atoms with E-state index in [1.807, 2.05) is 18.2 Å². The summed E-state index contributed by atoms with van der Waals surface area (Å²) in [4.78, 5) is 0. The molecule has 0 spiro atoms. The minimum Gasteiger partial charge on any atom is -0.493 e. The van der Waals surface area contributed by atoms with Crippen molar-refractivity contribution >= 4 is 26.0 Å². The summed E-state index contributed by atoms with van der Waals surface area (Å²) < 4.78 is 28.3. The van der Waals surface area contributed by atoms with E-state index in [4.69, 9.17) is 9.88 Å². The van der Waals surface area contributed by atoms with Gasteiger partial charge in [-0.2, -0.15) is 0 Å². The van der Waals surface area contributed by atoms with E-state index in [0.717, 1.165) is 22.2 Å². The van der Waals surface area contributed by atoms with Gasteiger partial charge in [-0.25, -0.2) is 13.6 Å². The van der Waals surface area contributed by atoms with E-state index in [9.17, 15) is 8.42 Å². The predicted molar refractivity (Wildman–Crippen MR) is 73.0 cm³/mol. The minimum atomic E-state index is -3.41. The lowest BCUT2D eigenvalue weighted by molar-refractivity contribution is 0.254. The van der Waals surface area contributed by atoms with Crippen LogP contribution in [0.1, 0.15) is 18.0 Å². The van der Waals surface area contributed by atoms with Crippen molar-refractivity contribution in [2.45, 2.75) is 12.5 Å². The molecule has 0 radical (unpaired) electrons. The van der Waals surface area contributed by atoms with Gasteiger partial charge in [0.1, 0.15) is 5.75 Å². The van der Waals surface area contributed by atoms with E-state index >= 15 is 0 Å². The summed E-state index contributed by atoms with van der Waals surface area (Å²) in [7, 11) is -3.41. The van der Waals surface area contributed by atoms with Crippen molar-refractivity contribution in [3.8, 4) is 5.75 Å². The van der Waals surface area contributed by atoms with E-state index in [-0.39, 0.29) is 11.8 Å². The molecule has 1 aromatic carbocycles. The van der Waals surface area contributed by atoms with E-state index in [0.29, 0.717) is 13.2 Å². The van der Waals surface area contributed by atoms with E-state index in [2.05, 4.69) is 21.2 Å². The first kappa shape index (κ1) is 13.8. The van der Waals surface area contributed by atoms with Crippen molar-refractivity contribution in [1.29, 1.82) is 0 Å². The van der Waals surface area contributed by atoms with Crippen LogP contribution in [0.4, 0.5) is 0 Å². The molecule has 0 bridgehead atoms. The van der Waals surface area contributed by atoms with Gasteiger partial charge in [0, 0.05) is 29.0 Å². The zero-order valence-corrected chi connectivity index (χ0v) is 12.1. The summed E-state index contributed by atoms with van der Waals surface area (Å²) in [5.74, 6) is 0.783. The van der Waals surface area contributed by atoms with Crippen LogP contribution in [0.2, 0.25) is 0 Å². The maximum Gasteiger partial charge on any atom is 0.210 e. The van der Waals surface area contributed by atoms with Crippen LogP contribution in [0.5, 0.6) is 5.75 Å². The molecule has 100 valence electrons. The molecular formula is C11H15BrN2O3S. The second kappa shape index (κ2) is 5.56. The summed E-state index contributed by atoms with van der Waals surface area (Å²) in [6.07, 6.45) is 0.814. The van der Waals surface area contributed by atoms with Crippen LogP contribution < -0.4 is 15.2 Å². The fourth-order valence-electron chi connectivity index (χ4n) is 1.95. The average molecular weight is 335 g/mol. The molecular weight excluding hydrogens is 320 g/mol. The number of rotatable bonds is 4. The Labute approximate surface area is 115 Å². The second-order valence-corrected chi connectivity index (χ2v) is 6.84. The van der Waals surface area contributed by atoms with Crippen LogP contribution in [-0.2, 0) is 10.0 Å². The Bertz CT molecular complexity index is 533. The van der Waals surface area contributed by atoms with Crippen LogP contribution in [0.3, 0.4) is 0 Å². The zero-order chi connectivity index (χ0) is 13.2. The highest BCUT2D eigenvalue weighted by molar-refractivity contribution is 9.10. The number of nitrogens with two attached hydrogens (primary N) is 1. The van der Waals surface area contributed by atoms with E-state index in [1.165, 1.54) is 0 Å². The number of primary sulfonamides is 1. The van der Waals surface area contributed by atoms with Crippen LogP contribution >= 0.6 is 15.9 Å². The standard InChI is InChI=1S/C11H15BrN2O3S/c12-8-1-2-11-9(7-8)10(3-5-17-11)14-4-6-18(13,15)16/h1-2,7,10,14H,3-6H2,(H2,13,15,16). The van der Waals surface area contributed by atoms with Crippen molar-refractivity contribution in [2.24, 2.45) is 5.14 Å². The lowest BCUT2D eigenvalue weighted by Crippen LogP contribution is -2.32. The first-order valence-corrected chi connectivity index (χ1v) is 8.13. The van der Waals surface area contributed by atoms with Gasteiger partial charge in [-0.3, -0.25) is 0 Å². The molecule has 0 aliphatic carbocycles. The largest absolute Gasteiger partial charge is 0.493 e. The molecule has 1 atom stereocenters. The van der Waals surface area contributed by atoms with Crippen molar-refractivity contribution < 1.29 is 13.2 Å². The normalized spacial score (nSPS) is 19.1. The van der Waals surface area contributed by atoms with Gasteiger partial charge < -0.3 is 10.1 Å². The fourth-order valence-corrected chi connectivity index (χ4v) is 2.73. The van der Waals surface area contributed by atoms with Gasteiger partial charge in [0.15, 0.2) is 0 Å². The Morgan fingerprint density at radius 1 is 1.50 bits per heavy atom. The third kappa shape index (κ3) is 3.68. The number of nitrogens with one attached hydrogen (secondary N) is 1. The lowest BCUT2D eigenvalue weighted by atomic mass is 10.0. The number of ether oxygens (including phenoxy) is 1. The third-order valence-electron chi connectivity index (χ3n) is 2.79. The number of fused-ring (bicyclic) bond motifs is 1. The summed E-state index contributed by atoms with van der Waals surface area (Å²) in [6.45, 7) is 0.969. The van der Waals surface area contributed by atoms with Crippen LogP contribution in [0.25, 0.3) is 0 Å². The highest BCUT2D eigenvalue weighted by atomic mass is 79.9. The van der Waals surface area contributed by atoms with Gasteiger partial charge in [0.25, 0.3) is 0 Å². The Morgan fingerprint density at radius 3 is 3.00 bits per heavy atom. The van der Waals surface area contributed by atoms with E-state index in [1.54, 1.807) is 0 Å². The number of hydrogen-bond acceptors (Lipinski definition) is 4. The van der Waals surface area contributed by atoms with Gasteiger partial charge in [0.05, 0.1) is 12.4 Å². The first-order valence-electron chi connectivity index (χ1n) is 5.62. The van der Waals surface area contributed by atoms with Crippen molar-refractivity contribution in [3.63, 3.8) is 0 Å². The van der Waals surface area contributed by atoms with Gasteiger partial charge in [-0.15, -0.1) is 0 Å². The van der Waals surface area contributed by atoms with Gasteiger partial charge in [-0.1, -0.05) is 15.9 Å². The molecule has 0 saturated carbocycles. The Balaban J connectivity index is 2.05. The van der Waals surface area contributed by atoms with Crippen LogP contribution in [0, 0.1) is 0 Å². The molecule has 0 amide bonds. The summed E-state index contributed by atoms with van der Waals surface area (Å²) in [5.41, 5.74) is 1.05. The second-order valence-electron chi connectivity index (χ2n) is 4.19. The smallest absolute Gasteiger partial charge is 0.210 e. The molecule has 0 fully saturated rings. The molecule has 7 heteroatoms. The molecule has 3 N–H and O–H groups in total. The highest BCUT2D eigenvalue weighted by Gasteiger charge is 2.21. The van der Waals surface area contributed by atoms with Crippen LogP contribution in [0.15, 0.2) is 22.7 Å². The van der Waals surface area contributed by atoms with Gasteiger partial charge in [-0.05, 0) is 18.2 Å². The van der Waals surface area contributed by atoms with Crippen molar-refractivity contribution in [2.75, 3.05) is 18.9 Å². The third-order valence-corrected chi connectivity index (χ3v) is 4.06. The lowest BCUT2D eigenvalue weighted by Gasteiger charge is -2.27. The number of benzene rings is 1. The monoisotopic (exact) mass is 334 g/mol. The highest BCUT2D eigenvalue weighted by Crippen LogP contribution is 2.33. The Hall–Kier alpha value is -0.630. The molecule has 18 heavy (non-hydrogen) atoms. The van der Waals surface area contributed by atoms with Crippen LogP contribution in [-0.4, -0.2) is 27.3 Å². The molecule has 2 rings (SSSR count). The molecule has 1 aromatic rings. The topological polar surface area (TPSA) is 81.4 Å². The summed E-state index contributed by atoms with van der Waals surface area (Å²) in [6, 6.07) is 5.93. The molecule has 1 heterocycles. The number of halogens is 1. The first-order chi connectivity index (χ1) is 8.46. The maximum absolute atomic E-state index is 10.9. The van der Waals surface area contributed by atoms with Crippen molar-refractivity contribution in [3.05, 3.63) is 28.2 Å². The molecule has 5 nitrogen and oxygen atoms in total. The maximum atomic E-state index is 10.9. The van der Waals surface area contributed by atoms with E-state index < -0.39 is 10.0 Å². The SMILES string of the molecule is NS(=O)(=O)CCNC1CCOc2ccc(Br)cc21. The molecule has 0 saturated heterocycles. The molecule has 1 aliphatic rings. The van der Waals surface area contributed by atoms with Gasteiger partial charge >= 0.3 is 0 Å². The average Bonchev–Trinajstić information content (AvgIpc) is 2.28. The number of hydrogen-bond donors (Lipinski definition) is 2. The quantitative estimate of drug-likeness (QED) is 0.865. The summed E-state index contributed by atoms with van der Waals surface area (Å²) >= 11 is 3.42. The molecule has 0 aromatic heterocycles. The zero-order valence-electron chi connectivity index (χ0n) is 9.73. The minimum absolute atomic E-state index is 0.0618.